The van der Waals surface area contributed by atoms with Crippen LogP contribution in [0.15, 0.2) is 0 Å². The van der Waals surface area contributed by atoms with E-state index in [2.05, 4.69) is 29.8 Å². The Hall–Kier alpha value is -0.880. The van der Waals surface area contributed by atoms with Crippen molar-refractivity contribution in [2.45, 2.75) is 20.3 Å². The highest BCUT2D eigenvalue weighted by molar-refractivity contribution is 7.80. The molecule has 0 bridgehead atoms. The molecule has 1 amide bonds. The first-order valence-corrected chi connectivity index (χ1v) is 6.24. The van der Waals surface area contributed by atoms with Gasteiger partial charge in [0.1, 0.15) is 0 Å². The molecule has 0 aromatic rings. The first-order valence-electron chi connectivity index (χ1n) is 5.83. The van der Waals surface area contributed by atoms with E-state index in [1.165, 1.54) is 0 Å². The minimum Gasteiger partial charge on any atom is -0.383 e. The summed E-state index contributed by atoms with van der Waals surface area (Å²) < 4.78 is 4.88. The SMILES string of the molecule is COCCNC(=S)NCCC(=O)NCC(C)C. The van der Waals surface area contributed by atoms with Gasteiger partial charge in [-0.25, -0.2) is 0 Å². The van der Waals surface area contributed by atoms with E-state index >= 15 is 0 Å². The summed E-state index contributed by atoms with van der Waals surface area (Å²) in [5.41, 5.74) is 0. The van der Waals surface area contributed by atoms with Crippen LogP contribution in [-0.2, 0) is 9.53 Å². The Morgan fingerprint density at radius 3 is 2.47 bits per heavy atom. The molecule has 3 N–H and O–H groups in total. The van der Waals surface area contributed by atoms with Gasteiger partial charge in [0, 0.05) is 33.2 Å². The number of carbonyl (C=O) groups excluding carboxylic acids is 1. The number of rotatable bonds is 8. The molecule has 0 spiro atoms. The fraction of sp³-hybridized carbons (Fsp3) is 0.818. The van der Waals surface area contributed by atoms with Gasteiger partial charge in [-0.2, -0.15) is 0 Å². The van der Waals surface area contributed by atoms with E-state index < -0.39 is 0 Å². The number of ether oxygens (including phenoxy) is 1. The zero-order chi connectivity index (χ0) is 13.1. The van der Waals surface area contributed by atoms with Crippen molar-refractivity contribution in [2.24, 2.45) is 5.92 Å². The van der Waals surface area contributed by atoms with Crippen molar-refractivity contribution in [3.05, 3.63) is 0 Å². The average molecular weight is 261 g/mol. The smallest absolute Gasteiger partial charge is 0.221 e. The first-order chi connectivity index (χ1) is 8.06. The van der Waals surface area contributed by atoms with Crippen LogP contribution in [-0.4, -0.2) is 44.4 Å². The zero-order valence-corrected chi connectivity index (χ0v) is 11.7. The highest BCUT2D eigenvalue weighted by atomic mass is 32.1. The molecule has 0 saturated heterocycles. The maximum atomic E-state index is 11.4. The topological polar surface area (TPSA) is 62.4 Å². The molecule has 0 atom stereocenters. The Morgan fingerprint density at radius 1 is 1.24 bits per heavy atom. The van der Waals surface area contributed by atoms with Crippen LogP contribution in [0.2, 0.25) is 0 Å². The van der Waals surface area contributed by atoms with E-state index in [1.807, 2.05) is 0 Å². The van der Waals surface area contributed by atoms with Gasteiger partial charge in [0.2, 0.25) is 5.91 Å². The fourth-order valence-electron chi connectivity index (χ4n) is 1.03. The van der Waals surface area contributed by atoms with Crippen LogP contribution < -0.4 is 16.0 Å². The van der Waals surface area contributed by atoms with Crippen molar-refractivity contribution in [2.75, 3.05) is 33.4 Å². The Bertz CT molecular complexity index is 235. The Balaban J connectivity index is 3.42. The van der Waals surface area contributed by atoms with Crippen molar-refractivity contribution in [3.8, 4) is 0 Å². The van der Waals surface area contributed by atoms with Crippen LogP contribution in [0.25, 0.3) is 0 Å². The van der Waals surface area contributed by atoms with E-state index in [1.54, 1.807) is 7.11 Å². The van der Waals surface area contributed by atoms with Gasteiger partial charge < -0.3 is 20.7 Å². The van der Waals surface area contributed by atoms with Crippen LogP contribution in [0.3, 0.4) is 0 Å². The van der Waals surface area contributed by atoms with Gasteiger partial charge >= 0.3 is 0 Å². The molecule has 0 aromatic carbocycles. The van der Waals surface area contributed by atoms with Crippen molar-refractivity contribution < 1.29 is 9.53 Å². The largest absolute Gasteiger partial charge is 0.383 e. The second kappa shape index (κ2) is 10.3. The Morgan fingerprint density at radius 2 is 1.88 bits per heavy atom. The van der Waals surface area contributed by atoms with Crippen molar-refractivity contribution >= 4 is 23.2 Å². The molecule has 0 aromatic heterocycles. The zero-order valence-electron chi connectivity index (χ0n) is 10.8. The lowest BCUT2D eigenvalue weighted by molar-refractivity contribution is -0.121. The normalized spacial score (nSPS) is 10.1. The Kier molecular flexibility index (Phi) is 9.75. The van der Waals surface area contributed by atoms with Gasteiger partial charge in [-0.15, -0.1) is 0 Å². The highest BCUT2D eigenvalue weighted by Gasteiger charge is 2.02. The summed E-state index contributed by atoms with van der Waals surface area (Å²) in [6.45, 7) is 6.66. The summed E-state index contributed by atoms with van der Waals surface area (Å²) in [5, 5.41) is 9.34. The molecule has 0 aliphatic carbocycles. The molecular weight excluding hydrogens is 238 g/mol. The average Bonchev–Trinajstić information content (AvgIpc) is 2.27. The summed E-state index contributed by atoms with van der Waals surface area (Å²) in [6, 6.07) is 0. The molecule has 0 unspecified atom stereocenters. The predicted octanol–water partition coefficient (Wildman–Crippen LogP) is 0.259. The number of amides is 1. The molecule has 0 aliphatic heterocycles. The van der Waals surface area contributed by atoms with Crippen LogP contribution in [0.1, 0.15) is 20.3 Å². The molecule has 0 fully saturated rings. The third kappa shape index (κ3) is 11.4. The van der Waals surface area contributed by atoms with E-state index in [-0.39, 0.29) is 5.91 Å². The molecule has 0 aliphatic rings. The standard InChI is InChI=1S/C11H23N3O2S/c1-9(2)8-14-10(15)4-5-12-11(17)13-6-7-16-3/h9H,4-8H2,1-3H3,(H,14,15)(H2,12,13,17). The molecule has 0 heterocycles. The highest BCUT2D eigenvalue weighted by Crippen LogP contribution is 1.87. The molecule has 0 saturated carbocycles. The first kappa shape index (κ1) is 16.1. The van der Waals surface area contributed by atoms with E-state index in [4.69, 9.17) is 17.0 Å². The molecule has 6 heteroatoms. The van der Waals surface area contributed by atoms with Gasteiger partial charge in [0.25, 0.3) is 0 Å². The van der Waals surface area contributed by atoms with E-state index in [0.29, 0.717) is 37.1 Å². The third-order valence-corrected chi connectivity index (χ3v) is 2.23. The lowest BCUT2D eigenvalue weighted by Gasteiger charge is -2.10. The maximum absolute atomic E-state index is 11.4. The van der Waals surface area contributed by atoms with Gasteiger partial charge in [0.05, 0.1) is 6.61 Å². The number of carbonyl (C=O) groups is 1. The molecule has 0 radical (unpaired) electrons. The molecule has 5 nitrogen and oxygen atoms in total. The second-order valence-electron chi connectivity index (χ2n) is 4.12. The predicted molar refractivity (Wildman–Crippen MR) is 72.9 cm³/mol. The quantitative estimate of drug-likeness (QED) is 0.432. The van der Waals surface area contributed by atoms with Gasteiger partial charge in [0.15, 0.2) is 5.11 Å². The lowest BCUT2D eigenvalue weighted by Crippen LogP contribution is -2.39. The van der Waals surface area contributed by atoms with E-state index in [0.717, 1.165) is 6.54 Å². The van der Waals surface area contributed by atoms with Crippen LogP contribution >= 0.6 is 12.2 Å². The molecule has 0 rings (SSSR count). The van der Waals surface area contributed by atoms with E-state index in [9.17, 15) is 4.79 Å². The second-order valence-corrected chi connectivity index (χ2v) is 4.53. The van der Waals surface area contributed by atoms with Gasteiger partial charge in [-0.1, -0.05) is 13.8 Å². The number of hydrogen-bond acceptors (Lipinski definition) is 3. The summed E-state index contributed by atoms with van der Waals surface area (Å²) in [6.07, 6.45) is 0.429. The Labute approximate surface area is 109 Å². The molecule has 100 valence electrons. The summed E-state index contributed by atoms with van der Waals surface area (Å²) in [4.78, 5) is 11.4. The third-order valence-electron chi connectivity index (χ3n) is 1.94. The molecular formula is C11H23N3O2S. The minimum atomic E-state index is 0.0471. The summed E-state index contributed by atoms with van der Waals surface area (Å²) in [7, 11) is 1.64. The summed E-state index contributed by atoms with van der Waals surface area (Å²) >= 11 is 5.02. The minimum absolute atomic E-state index is 0.0471. The van der Waals surface area contributed by atoms with Gasteiger partial charge in [-0.05, 0) is 18.1 Å². The molecule has 17 heavy (non-hydrogen) atoms. The van der Waals surface area contributed by atoms with Crippen molar-refractivity contribution in [1.29, 1.82) is 0 Å². The van der Waals surface area contributed by atoms with Crippen molar-refractivity contribution in [3.63, 3.8) is 0 Å². The van der Waals surface area contributed by atoms with Crippen LogP contribution in [0.4, 0.5) is 0 Å². The monoisotopic (exact) mass is 261 g/mol. The van der Waals surface area contributed by atoms with Gasteiger partial charge in [-0.3, -0.25) is 4.79 Å². The number of nitrogens with one attached hydrogen (secondary N) is 3. The number of thiocarbonyl (C=S) groups is 1. The number of methoxy groups -OCH3 is 1. The van der Waals surface area contributed by atoms with Crippen LogP contribution in [0.5, 0.6) is 0 Å². The summed E-state index contributed by atoms with van der Waals surface area (Å²) in [5.74, 6) is 0.523. The van der Waals surface area contributed by atoms with Crippen molar-refractivity contribution in [1.82, 2.24) is 16.0 Å². The fourth-order valence-corrected chi connectivity index (χ4v) is 1.23. The maximum Gasteiger partial charge on any atom is 0.221 e. The number of hydrogen-bond donors (Lipinski definition) is 3. The lowest BCUT2D eigenvalue weighted by atomic mass is 10.2. The van der Waals surface area contributed by atoms with Crippen LogP contribution in [0, 0.1) is 5.92 Å².